The van der Waals surface area contributed by atoms with Crippen LogP contribution in [0.1, 0.15) is 23.3 Å². The van der Waals surface area contributed by atoms with Gasteiger partial charge in [-0.15, -0.1) is 11.3 Å². The number of nitrogens with one attached hydrogen (secondary N) is 2. The van der Waals surface area contributed by atoms with Crippen LogP contribution in [0.2, 0.25) is 0 Å². The zero-order chi connectivity index (χ0) is 18.6. The van der Waals surface area contributed by atoms with Crippen molar-refractivity contribution in [1.82, 2.24) is 5.32 Å². The highest BCUT2D eigenvalue weighted by Gasteiger charge is 2.36. The van der Waals surface area contributed by atoms with Crippen molar-refractivity contribution in [2.45, 2.75) is 24.4 Å². The number of rotatable bonds is 4. The minimum atomic E-state index is -4.53. The number of alkyl halides is 3. The predicted octanol–water partition coefficient (Wildman–Crippen LogP) is 4.64. The van der Waals surface area contributed by atoms with Gasteiger partial charge in [-0.25, -0.2) is 4.79 Å². The van der Waals surface area contributed by atoms with Gasteiger partial charge in [0.2, 0.25) is 0 Å². The second-order valence-corrected chi connectivity index (χ2v) is 7.17. The van der Waals surface area contributed by atoms with Gasteiger partial charge in [0.15, 0.2) is 0 Å². The zero-order valence-corrected chi connectivity index (χ0v) is 14.8. The normalized spacial score (nSPS) is 16.9. The van der Waals surface area contributed by atoms with Gasteiger partial charge in [0.25, 0.3) is 0 Å². The summed E-state index contributed by atoms with van der Waals surface area (Å²) in [6.07, 6.45) is -3.01. The van der Waals surface area contributed by atoms with Gasteiger partial charge >= 0.3 is 12.2 Å². The molecule has 0 bridgehead atoms. The molecule has 0 radical (unpaired) electrons. The Morgan fingerprint density at radius 3 is 2.54 bits per heavy atom. The molecule has 1 aromatic heterocycles. The first-order valence-electron chi connectivity index (χ1n) is 8.24. The number of para-hydroxylation sites is 1. The third-order valence-corrected chi connectivity index (χ3v) is 5.68. The van der Waals surface area contributed by atoms with E-state index in [0.29, 0.717) is 19.8 Å². The summed E-state index contributed by atoms with van der Waals surface area (Å²) in [6, 6.07) is 8.26. The van der Waals surface area contributed by atoms with Gasteiger partial charge in [-0.05, 0) is 36.4 Å². The maximum absolute atomic E-state index is 13.0. The molecule has 2 N–H and O–H groups in total. The fourth-order valence-electron chi connectivity index (χ4n) is 3.11. The fourth-order valence-corrected chi connectivity index (χ4v) is 4.10. The van der Waals surface area contributed by atoms with Crippen molar-refractivity contribution in [3.63, 3.8) is 0 Å². The lowest BCUT2D eigenvalue weighted by atomic mass is 9.78. The van der Waals surface area contributed by atoms with E-state index in [2.05, 4.69) is 10.6 Å². The summed E-state index contributed by atoms with van der Waals surface area (Å²) >= 11 is 1.61. The standard InChI is InChI=1S/C18H19F3N2O2S/c19-18(20,21)13-4-1-2-5-14(13)23-16(24)22-12-17(7-9-25-10-8-17)15-6-3-11-26-15/h1-6,11H,7-10,12H2,(H2,22,23,24). The van der Waals surface area contributed by atoms with Gasteiger partial charge < -0.3 is 15.4 Å². The minimum absolute atomic E-state index is 0.243. The molecule has 0 atom stereocenters. The Bertz CT molecular complexity index is 741. The number of halogens is 3. The van der Waals surface area contributed by atoms with Crippen LogP contribution in [0.25, 0.3) is 0 Å². The van der Waals surface area contributed by atoms with Crippen molar-refractivity contribution >= 4 is 23.1 Å². The second-order valence-electron chi connectivity index (χ2n) is 6.22. The number of anilines is 1. The summed E-state index contributed by atoms with van der Waals surface area (Å²) in [5, 5.41) is 7.04. The molecule has 0 unspecified atom stereocenters. The molecule has 1 fully saturated rings. The maximum Gasteiger partial charge on any atom is 0.418 e. The molecular formula is C18H19F3N2O2S. The number of hydrogen-bond acceptors (Lipinski definition) is 3. The van der Waals surface area contributed by atoms with Gasteiger partial charge in [0.05, 0.1) is 11.3 Å². The average molecular weight is 384 g/mol. The predicted molar refractivity (Wildman–Crippen MR) is 94.5 cm³/mol. The minimum Gasteiger partial charge on any atom is -0.381 e. The van der Waals surface area contributed by atoms with Crippen LogP contribution in [0.15, 0.2) is 41.8 Å². The van der Waals surface area contributed by atoms with Crippen molar-refractivity contribution in [3.8, 4) is 0 Å². The molecule has 1 aliphatic rings. The van der Waals surface area contributed by atoms with E-state index >= 15 is 0 Å². The monoisotopic (exact) mass is 384 g/mol. The first kappa shape index (κ1) is 18.7. The first-order valence-corrected chi connectivity index (χ1v) is 9.11. The topological polar surface area (TPSA) is 50.4 Å². The first-order chi connectivity index (χ1) is 12.4. The summed E-state index contributed by atoms with van der Waals surface area (Å²) in [7, 11) is 0. The molecule has 4 nitrogen and oxygen atoms in total. The van der Waals surface area contributed by atoms with Crippen LogP contribution in [-0.4, -0.2) is 25.8 Å². The summed E-state index contributed by atoms with van der Waals surface area (Å²) in [5.74, 6) is 0. The van der Waals surface area contributed by atoms with Crippen molar-refractivity contribution < 1.29 is 22.7 Å². The van der Waals surface area contributed by atoms with Gasteiger partial charge in [-0.3, -0.25) is 0 Å². The van der Waals surface area contributed by atoms with E-state index in [-0.39, 0.29) is 11.1 Å². The van der Waals surface area contributed by atoms with Crippen LogP contribution >= 0.6 is 11.3 Å². The van der Waals surface area contributed by atoms with E-state index in [1.807, 2.05) is 17.5 Å². The largest absolute Gasteiger partial charge is 0.418 e. The molecule has 2 amide bonds. The Hall–Kier alpha value is -2.06. The second kappa shape index (κ2) is 7.67. The number of carbonyl (C=O) groups is 1. The molecule has 1 saturated heterocycles. The zero-order valence-electron chi connectivity index (χ0n) is 13.9. The Morgan fingerprint density at radius 1 is 1.15 bits per heavy atom. The molecular weight excluding hydrogens is 365 g/mol. The fraction of sp³-hybridized carbons (Fsp3) is 0.389. The lowest BCUT2D eigenvalue weighted by Crippen LogP contribution is -2.45. The average Bonchev–Trinajstić information content (AvgIpc) is 3.16. The van der Waals surface area contributed by atoms with E-state index in [4.69, 9.17) is 4.74 Å². The number of benzene rings is 1. The molecule has 2 aromatic rings. The number of thiophene rings is 1. The van der Waals surface area contributed by atoms with Crippen LogP contribution < -0.4 is 10.6 Å². The molecule has 0 saturated carbocycles. The third kappa shape index (κ3) is 4.19. The highest BCUT2D eigenvalue weighted by atomic mass is 32.1. The van der Waals surface area contributed by atoms with Gasteiger partial charge in [-0.1, -0.05) is 18.2 Å². The Kier molecular flexibility index (Phi) is 5.52. The van der Waals surface area contributed by atoms with E-state index in [1.165, 1.54) is 18.2 Å². The van der Waals surface area contributed by atoms with E-state index in [9.17, 15) is 18.0 Å². The van der Waals surface area contributed by atoms with Crippen LogP contribution in [0, 0.1) is 0 Å². The van der Waals surface area contributed by atoms with Crippen molar-refractivity contribution in [1.29, 1.82) is 0 Å². The van der Waals surface area contributed by atoms with Crippen LogP contribution in [0.5, 0.6) is 0 Å². The smallest absolute Gasteiger partial charge is 0.381 e. The van der Waals surface area contributed by atoms with Crippen molar-refractivity contribution in [2.24, 2.45) is 0 Å². The highest BCUT2D eigenvalue weighted by molar-refractivity contribution is 7.10. The van der Waals surface area contributed by atoms with Crippen LogP contribution in [0.3, 0.4) is 0 Å². The summed E-state index contributed by atoms with van der Waals surface area (Å²) < 4.78 is 44.5. The number of amides is 2. The van der Waals surface area contributed by atoms with Gasteiger partial charge in [0.1, 0.15) is 0 Å². The van der Waals surface area contributed by atoms with Crippen LogP contribution in [-0.2, 0) is 16.3 Å². The molecule has 2 heterocycles. The van der Waals surface area contributed by atoms with E-state index in [0.717, 1.165) is 23.8 Å². The van der Waals surface area contributed by atoms with Crippen molar-refractivity contribution in [2.75, 3.05) is 25.1 Å². The Balaban J connectivity index is 1.69. The molecule has 26 heavy (non-hydrogen) atoms. The van der Waals surface area contributed by atoms with Gasteiger partial charge in [-0.2, -0.15) is 13.2 Å². The molecule has 1 aliphatic heterocycles. The molecule has 0 aliphatic carbocycles. The quantitative estimate of drug-likeness (QED) is 0.807. The lowest BCUT2D eigenvalue weighted by Gasteiger charge is -2.36. The molecule has 0 spiro atoms. The van der Waals surface area contributed by atoms with E-state index < -0.39 is 17.8 Å². The number of urea groups is 1. The summed E-state index contributed by atoms with van der Waals surface area (Å²) in [5.41, 5.74) is -1.36. The maximum atomic E-state index is 13.0. The summed E-state index contributed by atoms with van der Waals surface area (Å²) in [4.78, 5) is 13.4. The van der Waals surface area contributed by atoms with Crippen molar-refractivity contribution in [3.05, 3.63) is 52.2 Å². The highest BCUT2D eigenvalue weighted by Crippen LogP contribution is 2.37. The molecule has 8 heteroatoms. The number of ether oxygens (including phenoxy) is 1. The lowest BCUT2D eigenvalue weighted by molar-refractivity contribution is -0.136. The van der Waals surface area contributed by atoms with E-state index in [1.54, 1.807) is 11.3 Å². The molecule has 3 rings (SSSR count). The Labute approximate surface area is 153 Å². The van der Waals surface area contributed by atoms with Crippen LogP contribution in [0.4, 0.5) is 23.7 Å². The third-order valence-electron chi connectivity index (χ3n) is 4.56. The number of carbonyl (C=O) groups excluding carboxylic acids is 1. The Morgan fingerprint density at radius 2 is 1.88 bits per heavy atom. The summed E-state index contributed by atoms with van der Waals surface area (Å²) in [6.45, 7) is 1.53. The van der Waals surface area contributed by atoms with Gasteiger partial charge in [0, 0.05) is 30.1 Å². The number of hydrogen-bond donors (Lipinski definition) is 2. The molecule has 140 valence electrons. The SMILES string of the molecule is O=C(NCC1(c2cccs2)CCOCC1)Nc1ccccc1C(F)(F)F. The molecule has 1 aromatic carbocycles.